The van der Waals surface area contributed by atoms with Crippen LogP contribution in [0, 0.1) is 5.82 Å². The number of carbonyl (C=O) groups is 1. The third-order valence-corrected chi connectivity index (χ3v) is 4.57. The van der Waals surface area contributed by atoms with Crippen LogP contribution in [-0.4, -0.2) is 50.4 Å². The molecule has 1 amide bonds. The van der Waals surface area contributed by atoms with Gasteiger partial charge in [-0.2, -0.15) is 0 Å². The summed E-state index contributed by atoms with van der Waals surface area (Å²) in [4.78, 5) is 14.0. The Morgan fingerprint density at radius 3 is 2.76 bits per heavy atom. The van der Waals surface area contributed by atoms with E-state index in [0.29, 0.717) is 44.2 Å². The number of ether oxygens (including phenoxy) is 3. The Labute approximate surface area is 176 Å². The summed E-state index contributed by atoms with van der Waals surface area (Å²) in [5, 5.41) is 3.37. The number of nitrogens with one attached hydrogen (secondary N) is 1. The molecular formula is C21H26ClFN2O4. The number of nitrogens with zero attached hydrogens (tertiary/aromatic N) is 1. The van der Waals surface area contributed by atoms with Crippen molar-refractivity contribution in [3.05, 3.63) is 59.9 Å². The molecule has 3 rings (SSSR count). The average Bonchev–Trinajstić information content (AvgIpc) is 2.73. The summed E-state index contributed by atoms with van der Waals surface area (Å²) in [5.74, 6) is 0.487. The molecule has 8 heteroatoms. The van der Waals surface area contributed by atoms with Crippen molar-refractivity contribution >= 4 is 18.5 Å². The third kappa shape index (κ3) is 6.80. The fraction of sp³-hybridized carbons (Fsp3) is 0.381. The molecule has 1 aliphatic heterocycles. The standard InChI is InChI=1S/C21H25FN2O4.ClH/c1-26-19-8-7-17(22)13-20(19)27-12-9-18-14-24(11-10-23-18)21(25)28-15-16-5-3-2-4-6-16;/h2-8,13,18,23H,9-12,14-15H2,1H3;1H/t18-;/m1./s1. The van der Waals surface area contributed by atoms with Crippen LogP contribution in [0.1, 0.15) is 12.0 Å². The number of rotatable bonds is 7. The van der Waals surface area contributed by atoms with Gasteiger partial charge in [0.1, 0.15) is 12.4 Å². The van der Waals surface area contributed by atoms with Crippen molar-refractivity contribution in [3.63, 3.8) is 0 Å². The largest absolute Gasteiger partial charge is 0.493 e. The summed E-state index contributed by atoms with van der Waals surface area (Å²) >= 11 is 0. The molecule has 1 atom stereocenters. The molecule has 0 aromatic heterocycles. The molecule has 1 aliphatic rings. The average molecular weight is 425 g/mol. The van der Waals surface area contributed by atoms with Gasteiger partial charge in [-0.15, -0.1) is 12.4 Å². The van der Waals surface area contributed by atoms with E-state index in [-0.39, 0.29) is 37.0 Å². The normalized spacial score (nSPS) is 15.9. The van der Waals surface area contributed by atoms with Crippen LogP contribution >= 0.6 is 12.4 Å². The molecule has 1 fully saturated rings. The molecule has 0 unspecified atom stereocenters. The van der Waals surface area contributed by atoms with Crippen molar-refractivity contribution in [1.82, 2.24) is 10.2 Å². The van der Waals surface area contributed by atoms with Gasteiger partial charge in [-0.25, -0.2) is 9.18 Å². The lowest BCUT2D eigenvalue weighted by Gasteiger charge is -2.33. The molecule has 158 valence electrons. The molecule has 29 heavy (non-hydrogen) atoms. The molecule has 0 bridgehead atoms. The second kappa shape index (κ2) is 11.5. The maximum atomic E-state index is 13.4. The number of hydrogen-bond donors (Lipinski definition) is 1. The molecule has 0 aliphatic carbocycles. The van der Waals surface area contributed by atoms with E-state index in [1.165, 1.54) is 25.3 Å². The highest BCUT2D eigenvalue weighted by atomic mass is 35.5. The van der Waals surface area contributed by atoms with Gasteiger partial charge in [0, 0.05) is 31.7 Å². The van der Waals surface area contributed by atoms with E-state index in [1.54, 1.807) is 4.90 Å². The number of piperazine rings is 1. The summed E-state index contributed by atoms with van der Waals surface area (Å²) in [6.45, 7) is 2.47. The van der Waals surface area contributed by atoms with E-state index in [2.05, 4.69) is 5.32 Å². The quantitative estimate of drug-likeness (QED) is 0.735. The predicted octanol–water partition coefficient (Wildman–Crippen LogP) is 3.64. The Morgan fingerprint density at radius 1 is 1.21 bits per heavy atom. The van der Waals surface area contributed by atoms with Crippen molar-refractivity contribution in [2.45, 2.75) is 19.1 Å². The van der Waals surface area contributed by atoms with Crippen LogP contribution in [0.5, 0.6) is 11.5 Å². The van der Waals surface area contributed by atoms with Gasteiger partial charge in [0.2, 0.25) is 0 Å². The fourth-order valence-corrected chi connectivity index (χ4v) is 3.07. The monoisotopic (exact) mass is 424 g/mol. The molecule has 6 nitrogen and oxygen atoms in total. The number of amides is 1. The predicted molar refractivity (Wildman–Crippen MR) is 110 cm³/mol. The van der Waals surface area contributed by atoms with E-state index in [1.807, 2.05) is 30.3 Å². The highest BCUT2D eigenvalue weighted by molar-refractivity contribution is 5.85. The van der Waals surface area contributed by atoms with Crippen molar-refractivity contribution < 1.29 is 23.4 Å². The van der Waals surface area contributed by atoms with Crippen LogP contribution in [0.3, 0.4) is 0 Å². The van der Waals surface area contributed by atoms with E-state index >= 15 is 0 Å². The third-order valence-electron chi connectivity index (χ3n) is 4.57. The Hall–Kier alpha value is -2.51. The van der Waals surface area contributed by atoms with E-state index in [4.69, 9.17) is 14.2 Å². The van der Waals surface area contributed by atoms with Gasteiger partial charge < -0.3 is 24.4 Å². The topological polar surface area (TPSA) is 60.0 Å². The maximum Gasteiger partial charge on any atom is 0.410 e. The highest BCUT2D eigenvalue weighted by Crippen LogP contribution is 2.27. The van der Waals surface area contributed by atoms with E-state index < -0.39 is 0 Å². The Kier molecular flexibility index (Phi) is 9.02. The summed E-state index contributed by atoms with van der Waals surface area (Å²) in [7, 11) is 1.52. The fourth-order valence-electron chi connectivity index (χ4n) is 3.07. The van der Waals surface area contributed by atoms with Crippen molar-refractivity contribution in [2.24, 2.45) is 0 Å². The lowest BCUT2D eigenvalue weighted by atomic mass is 10.1. The molecule has 1 saturated heterocycles. The minimum atomic E-state index is -0.376. The molecule has 0 saturated carbocycles. The van der Waals surface area contributed by atoms with Crippen LogP contribution in [0.4, 0.5) is 9.18 Å². The van der Waals surface area contributed by atoms with Crippen molar-refractivity contribution in [2.75, 3.05) is 33.4 Å². The Morgan fingerprint density at radius 2 is 2.00 bits per heavy atom. The van der Waals surface area contributed by atoms with E-state index in [9.17, 15) is 9.18 Å². The molecule has 0 spiro atoms. The first-order valence-corrected chi connectivity index (χ1v) is 9.31. The van der Waals surface area contributed by atoms with Crippen LogP contribution in [0.15, 0.2) is 48.5 Å². The Bertz CT molecular complexity index is 779. The highest BCUT2D eigenvalue weighted by Gasteiger charge is 2.24. The number of methoxy groups -OCH3 is 1. The van der Waals surface area contributed by atoms with Crippen molar-refractivity contribution in [1.29, 1.82) is 0 Å². The maximum absolute atomic E-state index is 13.4. The van der Waals surface area contributed by atoms with Gasteiger partial charge in [-0.1, -0.05) is 30.3 Å². The number of halogens is 2. The molecule has 0 radical (unpaired) electrons. The summed E-state index contributed by atoms with van der Waals surface area (Å²) in [6, 6.07) is 13.8. The van der Waals surface area contributed by atoms with Gasteiger partial charge in [0.25, 0.3) is 0 Å². The number of carbonyl (C=O) groups excluding carboxylic acids is 1. The zero-order valence-electron chi connectivity index (χ0n) is 16.3. The first-order valence-electron chi connectivity index (χ1n) is 9.31. The molecule has 1 N–H and O–H groups in total. The van der Waals surface area contributed by atoms with Gasteiger partial charge in [-0.05, 0) is 24.1 Å². The minimum absolute atomic E-state index is 0. The summed E-state index contributed by atoms with van der Waals surface area (Å²) in [5.41, 5.74) is 0.958. The first kappa shape index (κ1) is 22.8. The molecule has 2 aromatic carbocycles. The van der Waals surface area contributed by atoms with Gasteiger partial charge in [0.05, 0.1) is 13.7 Å². The van der Waals surface area contributed by atoms with Gasteiger partial charge >= 0.3 is 6.09 Å². The first-order chi connectivity index (χ1) is 13.7. The summed E-state index contributed by atoms with van der Waals surface area (Å²) in [6.07, 6.45) is 0.352. The number of hydrogen-bond acceptors (Lipinski definition) is 5. The molecule has 1 heterocycles. The zero-order valence-corrected chi connectivity index (χ0v) is 17.1. The molecule has 2 aromatic rings. The van der Waals surface area contributed by atoms with Crippen LogP contribution in [0.25, 0.3) is 0 Å². The minimum Gasteiger partial charge on any atom is -0.493 e. The smallest absolute Gasteiger partial charge is 0.410 e. The molecular weight excluding hydrogens is 399 g/mol. The zero-order chi connectivity index (χ0) is 19.8. The van der Waals surface area contributed by atoms with Crippen LogP contribution < -0.4 is 14.8 Å². The second-order valence-corrected chi connectivity index (χ2v) is 6.57. The van der Waals surface area contributed by atoms with Crippen LogP contribution in [0.2, 0.25) is 0 Å². The van der Waals surface area contributed by atoms with Gasteiger partial charge in [-0.3, -0.25) is 0 Å². The van der Waals surface area contributed by atoms with E-state index in [0.717, 1.165) is 5.56 Å². The lowest BCUT2D eigenvalue weighted by Crippen LogP contribution is -2.53. The van der Waals surface area contributed by atoms with Crippen molar-refractivity contribution in [3.8, 4) is 11.5 Å². The number of benzene rings is 2. The van der Waals surface area contributed by atoms with Gasteiger partial charge in [0.15, 0.2) is 11.5 Å². The van der Waals surface area contributed by atoms with Crippen LogP contribution in [-0.2, 0) is 11.3 Å². The summed E-state index contributed by atoms with van der Waals surface area (Å²) < 4.78 is 29.6. The SMILES string of the molecule is COc1ccc(F)cc1OCC[C@@H]1CN(C(=O)OCc2ccccc2)CCN1.Cl. The lowest BCUT2D eigenvalue weighted by molar-refractivity contribution is 0.0826. The second-order valence-electron chi connectivity index (χ2n) is 6.57. The Balaban J connectivity index is 0.00000300.